The number of amides is 1. The van der Waals surface area contributed by atoms with Gasteiger partial charge in [0.05, 0.1) is 34.0 Å². The molecular formula is C20H11N3O2S. The van der Waals surface area contributed by atoms with Gasteiger partial charge in [-0.2, -0.15) is 5.26 Å². The summed E-state index contributed by atoms with van der Waals surface area (Å²) in [4.78, 5) is 31.5. The van der Waals surface area contributed by atoms with E-state index in [2.05, 4.69) is 11.1 Å². The van der Waals surface area contributed by atoms with E-state index in [1.807, 2.05) is 24.3 Å². The topological polar surface area (TPSA) is 74.1 Å². The van der Waals surface area contributed by atoms with Crippen LogP contribution in [0.15, 0.2) is 65.0 Å². The smallest absolute Gasteiger partial charge is 0.242 e. The fourth-order valence-electron chi connectivity index (χ4n) is 3.85. The number of nitrogens with zero attached hydrogens (tertiary/aromatic N) is 3. The number of rotatable bonds is 1. The fraction of sp³-hybridized carbons (Fsp3) is 0.100. The lowest BCUT2D eigenvalue weighted by atomic mass is 9.82. The maximum Gasteiger partial charge on any atom is 0.242 e. The van der Waals surface area contributed by atoms with Gasteiger partial charge in [-0.3, -0.25) is 19.5 Å². The molecule has 0 spiro atoms. The average molecular weight is 357 g/mol. The van der Waals surface area contributed by atoms with E-state index >= 15 is 0 Å². The Hall–Kier alpha value is -3.17. The van der Waals surface area contributed by atoms with E-state index in [0.29, 0.717) is 27.4 Å². The van der Waals surface area contributed by atoms with Crippen molar-refractivity contribution in [3.05, 3.63) is 81.7 Å². The molecule has 1 aromatic heterocycles. The number of thioether (sulfide) groups is 1. The van der Waals surface area contributed by atoms with Crippen LogP contribution in [0.3, 0.4) is 0 Å². The van der Waals surface area contributed by atoms with Crippen molar-refractivity contribution in [3.8, 4) is 6.07 Å². The SMILES string of the molecule is N#CC1=C2SCC(=O)N2C2=C(C(=O)c3ccccc32)C1c1cccnc1. The first-order chi connectivity index (χ1) is 12.7. The zero-order chi connectivity index (χ0) is 17.8. The van der Waals surface area contributed by atoms with Crippen LogP contribution in [0.1, 0.15) is 27.4 Å². The largest absolute Gasteiger partial charge is 0.289 e. The Labute approximate surface area is 153 Å². The van der Waals surface area contributed by atoms with Crippen LogP contribution in [-0.4, -0.2) is 27.3 Å². The Bertz CT molecular complexity index is 1100. The predicted octanol–water partition coefficient (Wildman–Crippen LogP) is 3.10. The molecule has 26 heavy (non-hydrogen) atoms. The van der Waals surface area contributed by atoms with Crippen LogP contribution in [-0.2, 0) is 4.79 Å². The number of hydrogen-bond donors (Lipinski definition) is 0. The van der Waals surface area contributed by atoms with Crippen LogP contribution in [0, 0.1) is 11.3 Å². The van der Waals surface area contributed by atoms with Crippen LogP contribution >= 0.6 is 11.8 Å². The summed E-state index contributed by atoms with van der Waals surface area (Å²) in [6.07, 6.45) is 3.34. The maximum absolute atomic E-state index is 13.2. The number of allylic oxidation sites excluding steroid dienone is 2. The number of carbonyl (C=O) groups is 2. The summed E-state index contributed by atoms with van der Waals surface area (Å²) >= 11 is 1.36. The third-order valence-electron chi connectivity index (χ3n) is 4.88. The molecule has 0 saturated carbocycles. The number of pyridine rings is 1. The first kappa shape index (κ1) is 15.1. The molecule has 0 radical (unpaired) electrons. The normalized spacial score (nSPS) is 20.9. The van der Waals surface area contributed by atoms with E-state index in [0.717, 1.165) is 11.1 Å². The lowest BCUT2D eigenvalue weighted by Gasteiger charge is -2.31. The molecule has 1 saturated heterocycles. The molecule has 1 aliphatic carbocycles. The van der Waals surface area contributed by atoms with Crippen molar-refractivity contribution in [1.29, 1.82) is 5.26 Å². The second-order valence-electron chi connectivity index (χ2n) is 6.20. The van der Waals surface area contributed by atoms with Gasteiger partial charge in [0.25, 0.3) is 0 Å². The zero-order valence-electron chi connectivity index (χ0n) is 13.5. The summed E-state index contributed by atoms with van der Waals surface area (Å²) < 4.78 is 0. The van der Waals surface area contributed by atoms with Gasteiger partial charge in [-0.05, 0) is 11.6 Å². The van der Waals surface area contributed by atoms with Gasteiger partial charge in [0.2, 0.25) is 5.91 Å². The Morgan fingerprint density at radius 3 is 2.69 bits per heavy atom. The van der Waals surface area contributed by atoms with Crippen molar-refractivity contribution in [2.75, 3.05) is 5.75 Å². The number of carbonyl (C=O) groups excluding carboxylic acids is 2. The average Bonchev–Trinajstić information content (AvgIpc) is 3.20. The van der Waals surface area contributed by atoms with E-state index in [-0.39, 0.29) is 17.4 Å². The highest BCUT2D eigenvalue weighted by atomic mass is 32.2. The van der Waals surface area contributed by atoms with Gasteiger partial charge in [-0.25, -0.2) is 0 Å². The number of nitriles is 1. The Balaban J connectivity index is 1.85. The summed E-state index contributed by atoms with van der Waals surface area (Å²) in [6.45, 7) is 0. The standard InChI is InChI=1S/C20H11N3O2S/c21-8-14-16(11-4-3-7-22-9-11)17-18(23-15(24)10-26-20(14)23)12-5-1-2-6-13(12)19(17)25/h1-7,9,16H,10H2. The van der Waals surface area contributed by atoms with Gasteiger partial charge in [-0.1, -0.05) is 42.1 Å². The summed E-state index contributed by atoms with van der Waals surface area (Å²) in [5, 5.41) is 10.5. The van der Waals surface area contributed by atoms with Crippen molar-refractivity contribution in [3.63, 3.8) is 0 Å². The highest BCUT2D eigenvalue weighted by Crippen LogP contribution is 2.54. The number of benzene rings is 1. The van der Waals surface area contributed by atoms with Crippen LogP contribution in [0.25, 0.3) is 5.70 Å². The molecule has 5 nitrogen and oxygen atoms in total. The van der Waals surface area contributed by atoms with Crippen molar-refractivity contribution in [1.82, 2.24) is 9.88 Å². The van der Waals surface area contributed by atoms with Crippen molar-refractivity contribution < 1.29 is 9.59 Å². The summed E-state index contributed by atoms with van der Waals surface area (Å²) in [7, 11) is 0. The third kappa shape index (κ3) is 1.83. The van der Waals surface area contributed by atoms with Gasteiger partial charge >= 0.3 is 0 Å². The van der Waals surface area contributed by atoms with E-state index in [9.17, 15) is 14.9 Å². The maximum atomic E-state index is 13.2. The monoisotopic (exact) mass is 357 g/mol. The first-order valence-corrected chi connectivity index (χ1v) is 9.09. The van der Waals surface area contributed by atoms with Gasteiger partial charge in [-0.15, -0.1) is 0 Å². The molecule has 1 atom stereocenters. The number of ketones is 1. The lowest BCUT2D eigenvalue weighted by Crippen LogP contribution is -2.30. The number of fused-ring (bicyclic) bond motifs is 4. The molecule has 6 heteroatoms. The van der Waals surface area contributed by atoms with Crippen molar-refractivity contribution >= 4 is 29.1 Å². The molecule has 1 amide bonds. The fourth-order valence-corrected chi connectivity index (χ4v) is 4.88. The van der Waals surface area contributed by atoms with Crippen LogP contribution in [0.5, 0.6) is 0 Å². The Morgan fingerprint density at radius 1 is 1.15 bits per heavy atom. The van der Waals surface area contributed by atoms with E-state index in [1.165, 1.54) is 11.8 Å². The van der Waals surface area contributed by atoms with Gasteiger partial charge in [0.1, 0.15) is 0 Å². The highest BCUT2D eigenvalue weighted by Gasteiger charge is 2.48. The van der Waals surface area contributed by atoms with E-state index in [1.54, 1.807) is 29.4 Å². The van der Waals surface area contributed by atoms with Crippen molar-refractivity contribution in [2.45, 2.75) is 5.92 Å². The molecule has 3 heterocycles. The first-order valence-electron chi connectivity index (χ1n) is 8.10. The molecule has 2 aliphatic heterocycles. The minimum Gasteiger partial charge on any atom is -0.289 e. The number of hydrogen-bond acceptors (Lipinski definition) is 5. The molecule has 0 bridgehead atoms. The van der Waals surface area contributed by atoms with Gasteiger partial charge in [0.15, 0.2) is 5.78 Å². The second-order valence-corrected chi connectivity index (χ2v) is 7.17. The minimum absolute atomic E-state index is 0.0978. The number of Topliss-reactive ketones (excluding diaryl/α,β-unsaturated/α-hetero) is 1. The molecule has 1 fully saturated rings. The Kier molecular flexibility index (Phi) is 3.15. The molecule has 3 aliphatic rings. The Morgan fingerprint density at radius 2 is 1.96 bits per heavy atom. The van der Waals surface area contributed by atoms with Crippen LogP contribution in [0.4, 0.5) is 0 Å². The quantitative estimate of drug-likeness (QED) is 0.784. The molecule has 124 valence electrons. The van der Waals surface area contributed by atoms with Crippen molar-refractivity contribution in [2.24, 2.45) is 0 Å². The molecule has 1 aromatic carbocycles. The molecule has 1 unspecified atom stereocenters. The van der Waals surface area contributed by atoms with E-state index in [4.69, 9.17) is 0 Å². The highest BCUT2D eigenvalue weighted by molar-refractivity contribution is 8.04. The summed E-state index contributed by atoms with van der Waals surface area (Å²) in [6, 6.07) is 13.2. The lowest BCUT2D eigenvalue weighted by molar-refractivity contribution is -0.122. The summed E-state index contributed by atoms with van der Waals surface area (Å²) in [5.74, 6) is -0.457. The minimum atomic E-state index is -0.506. The zero-order valence-corrected chi connectivity index (χ0v) is 14.3. The predicted molar refractivity (Wildman–Crippen MR) is 96.6 cm³/mol. The third-order valence-corrected chi connectivity index (χ3v) is 5.95. The van der Waals surface area contributed by atoms with E-state index < -0.39 is 5.92 Å². The van der Waals surface area contributed by atoms with Gasteiger partial charge in [0, 0.05) is 29.1 Å². The molecule has 5 rings (SSSR count). The summed E-state index contributed by atoms with van der Waals surface area (Å²) in [5.41, 5.74) is 3.68. The molecule has 0 N–H and O–H groups in total. The number of aromatic nitrogens is 1. The van der Waals surface area contributed by atoms with Crippen LogP contribution in [0.2, 0.25) is 0 Å². The van der Waals surface area contributed by atoms with Crippen LogP contribution < -0.4 is 0 Å². The molecular weight excluding hydrogens is 346 g/mol. The molecule has 2 aromatic rings. The second kappa shape index (κ2) is 5.41. The van der Waals surface area contributed by atoms with Gasteiger partial charge < -0.3 is 0 Å².